The first kappa shape index (κ1) is 22.6. The van der Waals surface area contributed by atoms with Crippen LogP contribution in [0.5, 0.6) is 17.2 Å². The van der Waals surface area contributed by atoms with Crippen molar-refractivity contribution in [1.82, 2.24) is 5.43 Å². The summed E-state index contributed by atoms with van der Waals surface area (Å²) in [7, 11) is 1.53. The second kappa shape index (κ2) is 11.4. The van der Waals surface area contributed by atoms with E-state index in [0.29, 0.717) is 22.8 Å². The summed E-state index contributed by atoms with van der Waals surface area (Å²) in [6.07, 6.45) is 1.48. The molecule has 8 nitrogen and oxygen atoms in total. The first-order chi connectivity index (χ1) is 15.6. The maximum Gasteiger partial charge on any atom is 0.344 e. The second-order valence-corrected chi connectivity index (χ2v) is 6.52. The summed E-state index contributed by atoms with van der Waals surface area (Å²) < 4.78 is 21.2. The highest BCUT2D eigenvalue weighted by Crippen LogP contribution is 2.27. The number of nitrogens with one attached hydrogen (secondary N) is 1. The van der Waals surface area contributed by atoms with Crippen molar-refractivity contribution in [2.45, 2.75) is 6.92 Å². The Labute approximate surface area is 185 Å². The minimum absolute atomic E-state index is 0.230. The van der Waals surface area contributed by atoms with Gasteiger partial charge in [0.05, 0.1) is 19.9 Å². The lowest BCUT2D eigenvalue weighted by Crippen LogP contribution is -2.24. The maximum atomic E-state index is 12.2. The van der Waals surface area contributed by atoms with Crippen LogP contribution in [0, 0.1) is 0 Å². The maximum absolute atomic E-state index is 12.2. The topological polar surface area (TPSA) is 95.5 Å². The molecule has 0 atom stereocenters. The Bertz CT molecular complexity index is 1110. The Balaban J connectivity index is 1.69. The van der Waals surface area contributed by atoms with Crippen LogP contribution in [0.1, 0.15) is 12.5 Å². The molecule has 0 fully saturated rings. The predicted molar refractivity (Wildman–Crippen MR) is 120 cm³/mol. The number of methoxy groups -OCH3 is 1. The molecule has 0 saturated carbocycles. The van der Waals surface area contributed by atoms with E-state index >= 15 is 0 Å². The van der Waals surface area contributed by atoms with E-state index < -0.39 is 11.9 Å². The molecule has 3 rings (SSSR count). The predicted octanol–water partition coefficient (Wildman–Crippen LogP) is 3.32. The molecule has 0 saturated heterocycles. The zero-order valence-electron chi connectivity index (χ0n) is 17.9. The van der Waals surface area contributed by atoms with Gasteiger partial charge in [-0.15, -0.1) is 0 Å². The molecule has 0 bridgehead atoms. The number of hydrogen-bond donors (Lipinski definition) is 1. The van der Waals surface area contributed by atoms with E-state index in [-0.39, 0.29) is 19.8 Å². The molecule has 3 aromatic carbocycles. The lowest BCUT2D eigenvalue weighted by molar-refractivity contribution is -0.145. The summed E-state index contributed by atoms with van der Waals surface area (Å²) in [5.74, 6) is 0.521. The first-order valence-corrected chi connectivity index (χ1v) is 10.00. The molecule has 0 radical (unpaired) electrons. The second-order valence-electron chi connectivity index (χ2n) is 6.52. The van der Waals surface area contributed by atoms with Crippen LogP contribution in [0.15, 0.2) is 65.8 Å². The molecule has 0 aliphatic rings. The van der Waals surface area contributed by atoms with Gasteiger partial charge in [-0.3, -0.25) is 4.79 Å². The minimum Gasteiger partial charge on any atom is -0.493 e. The molecule has 0 heterocycles. The number of ether oxygens (including phenoxy) is 4. The average molecular weight is 436 g/mol. The van der Waals surface area contributed by atoms with E-state index in [1.165, 1.54) is 13.3 Å². The molecule has 1 N–H and O–H groups in total. The van der Waals surface area contributed by atoms with Crippen LogP contribution < -0.4 is 19.6 Å². The molecule has 1 amide bonds. The molecular weight excluding hydrogens is 412 g/mol. The summed E-state index contributed by atoms with van der Waals surface area (Å²) in [6.45, 7) is 1.54. The van der Waals surface area contributed by atoms with Crippen molar-refractivity contribution in [3.05, 3.63) is 66.2 Å². The Morgan fingerprint density at radius 1 is 0.906 bits per heavy atom. The van der Waals surface area contributed by atoms with Crippen LogP contribution in [0.3, 0.4) is 0 Å². The number of esters is 1. The number of nitrogens with zero attached hydrogens (tertiary/aromatic N) is 1. The standard InChI is InChI=1S/C24H24N2O6/c1-3-30-24(28)16-32-20-13-12-17-8-4-5-9-18(17)19(20)14-25-26-23(27)15-31-22-11-7-6-10-21(22)29-2/h4-14H,3,15-16H2,1-2H3,(H,26,27). The van der Waals surface area contributed by atoms with Crippen molar-refractivity contribution < 1.29 is 28.5 Å². The summed E-state index contributed by atoms with van der Waals surface area (Å²) in [5, 5.41) is 5.86. The Morgan fingerprint density at radius 2 is 1.62 bits per heavy atom. The van der Waals surface area contributed by atoms with Crippen LogP contribution in [0.25, 0.3) is 10.8 Å². The Kier molecular flexibility index (Phi) is 8.02. The fourth-order valence-electron chi connectivity index (χ4n) is 2.96. The molecule has 0 aliphatic heterocycles. The van der Waals surface area contributed by atoms with E-state index in [2.05, 4.69) is 10.5 Å². The number of fused-ring (bicyclic) bond motifs is 1. The number of para-hydroxylation sites is 2. The third-order valence-electron chi connectivity index (χ3n) is 4.39. The van der Waals surface area contributed by atoms with E-state index in [9.17, 15) is 9.59 Å². The van der Waals surface area contributed by atoms with Crippen molar-refractivity contribution in [1.29, 1.82) is 0 Å². The van der Waals surface area contributed by atoms with Crippen molar-refractivity contribution >= 4 is 28.9 Å². The average Bonchev–Trinajstić information content (AvgIpc) is 2.82. The van der Waals surface area contributed by atoms with Crippen LogP contribution in [-0.4, -0.2) is 45.0 Å². The molecule has 3 aromatic rings. The molecule has 0 aromatic heterocycles. The SMILES string of the molecule is CCOC(=O)COc1ccc2ccccc2c1C=NNC(=O)COc1ccccc1OC. The van der Waals surface area contributed by atoms with Crippen molar-refractivity contribution in [2.24, 2.45) is 5.10 Å². The third-order valence-corrected chi connectivity index (χ3v) is 4.39. The normalized spacial score (nSPS) is 10.7. The first-order valence-electron chi connectivity index (χ1n) is 10.00. The number of benzene rings is 3. The fourth-order valence-corrected chi connectivity index (χ4v) is 2.96. The summed E-state index contributed by atoms with van der Waals surface area (Å²) in [5.41, 5.74) is 3.06. The molecule has 8 heteroatoms. The summed E-state index contributed by atoms with van der Waals surface area (Å²) in [6, 6.07) is 18.3. The molecule has 32 heavy (non-hydrogen) atoms. The van der Waals surface area contributed by atoms with Gasteiger partial charge < -0.3 is 18.9 Å². The quantitative estimate of drug-likeness (QED) is 0.298. The largest absolute Gasteiger partial charge is 0.493 e. The van der Waals surface area contributed by atoms with Gasteiger partial charge in [0.2, 0.25) is 0 Å². The van der Waals surface area contributed by atoms with E-state index in [4.69, 9.17) is 18.9 Å². The lowest BCUT2D eigenvalue weighted by atomic mass is 10.0. The van der Waals surface area contributed by atoms with Crippen LogP contribution >= 0.6 is 0 Å². The van der Waals surface area contributed by atoms with Gasteiger partial charge in [0.15, 0.2) is 24.7 Å². The van der Waals surface area contributed by atoms with Gasteiger partial charge in [0.25, 0.3) is 5.91 Å². The van der Waals surface area contributed by atoms with Crippen molar-refractivity contribution in [3.63, 3.8) is 0 Å². The summed E-state index contributed by atoms with van der Waals surface area (Å²) in [4.78, 5) is 23.8. The zero-order valence-corrected chi connectivity index (χ0v) is 17.9. The molecule has 166 valence electrons. The third kappa shape index (κ3) is 5.98. The number of hydrogen-bond acceptors (Lipinski definition) is 7. The van der Waals surface area contributed by atoms with Gasteiger partial charge in [-0.05, 0) is 35.9 Å². The fraction of sp³-hybridized carbons (Fsp3) is 0.208. The smallest absolute Gasteiger partial charge is 0.344 e. The zero-order chi connectivity index (χ0) is 22.8. The van der Waals surface area contributed by atoms with Gasteiger partial charge >= 0.3 is 5.97 Å². The van der Waals surface area contributed by atoms with Crippen LogP contribution in [0.2, 0.25) is 0 Å². The highest BCUT2D eigenvalue weighted by atomic mass is 16.6. The minimum atomic E-state index is -0.467. The van der Waals surface area contributed by atoms with E-state index in [1.54, 1.807) is 31.2 Å². The Morgan fingerprint density at radius 3 is 2.41 bits per heavy atom. The molecular formula is C24H24N2O6. The number of carbonyl (C=O) groups excluding carboxylic acids is 2. The monoisotopic (exact) mass is 436 g/mol. The van der Waals surface area contributed by atoms with Gasteiger partial charge in [-0.1, -0.05) is 42.5 Å². The lowest BCUT2D eigenvalue weighted by Gasteiger charge is -2.11. The van der Waals surface area contributed by atoms with Gasteiger partial charge in [0, 0.05) is 5.56 Å². The van der Waals surface area contributed by atoms with E-state index in [0.717, 1.165) is 10.8 Å². The van der Waals surface area contributed by atoms with Gasteiger partial charge in [0.1, 0.15) is 5.75 Å². The summed E-state index contributed by atoms with van der Waals surface area (Å²) >= 11 is 0. The van der Waals surface area contributed by atoms with E-state index in [1.807, 2.05) is 36.4 Å². The number of rotatable bonds is 10. The Hall–Kier alpha value is -4.07. The number of carbonyl (C=O) groups is 2. The van der Waals surface area contributed by atoms with Crippen molar-refractivity contribution in [2.75, 3.05) is 26.9 Å². The van der Waals surface area contributed by atoms with Crippen LogP contribution in [-0.2, 0) is 14.3 Å². The molecule has 0 unspecified atom stereocenters. The number of hydrazone groups is 1. The number of amides is 1. The van der Waals surface area contributed by atoms with Crippen molar-refractivity contribution in [3.8, 4) is 17.2 Å². The molecule has 0 aliphatic carbocycles. The van der Waals surface area contributed by atoms with Crippen LogP contribution in [0.4, 0.5) is 0 Å². The molecule has 0 spiro atoms. The van der Waals surface area contributed by atoms with Gasteiger partial charge in [-0.25, -0.2) is 10.2 Å². The van der Waals surface area contributed by atoms with Gasteiger partial charge in [-0.2, -0.15) is 5.10 Å². The highest BCUT2D eigenvalue weighted by molar-refractivity contribution is 6.02. The highest BCUT2D eigenvalue weighted by Gasteiger charge is 2.11.